The Labute approximate surface area is 143 Å². The van der Waals surface area contributed by atoms with Crippen LogP contribution in [0.4, 0.5) is 0 Å². The van der Waals surface area contributed by atoms with E-state index >= 15 is 0 Å². The average molecular weight is 342 g/mol. The Morgan fingerprint density at radius 1 is 1.00 bits per heavy atom. The number of sulfonamides is 1. The van der Waals surface area contributed by atoms with Gasteiger partial charge in [-0.3, -0.25) is 0 Å². The second-order valence-corrected chi connectivity index (χ2v) is 8.31. The third kappa shape index (κ3) is 3.77. The molecule has 0 bridgehead atoms. The zero-order valence-electron chi connectivity index (χ0n) is 13.6. The quantitative estimate of drug-likeness (QED) is 0.897. The van der Waals surface area contributed by atoms with Crippen LogP contribution in [0, 0.1) is 23.2 Å². The minimum atomic E-state index is -3.51. The third-order valence-corrected chi connectivity index (χ3v) is 6.43. The second kappa shape index (κ2) is 7.33. The van der Waals surface area contributed by atoms with Gasteiger partial charge in [-0.1, -0.05) is 36.4 Å². The molecule has 0 heterocycles. The smallest absolute Gasteiger partial charge is 0.211 e. The molecule has 5 heteroatoms. The number of hydrogen-bond donors (Lipinski definition) is 1. The van der Waals surface area contributed by atoms with Crippen molar-refractivity contribution in [3.8, 4) is 6.07 Å². The van der Waals surface area contributed by atoms with Gasteiger partial charge in [-0.25, -0.2) is 13.1 Å². The molecule has 1 saturated carbocycles. The molecule has 2 aromatic carbocycles. The number of benzene rings is 2. The summed E-state index contributed by atoms with van der Waals surface area (Å²) in [5.41, 5.74) is 0. The molecule has 0 radical (unpaired) electrons. The normalized spacial score (nSPS) is 21.5. The van der Waals surface area contributed by atoms with Crippen LogP contribution < -0.4 is 4.72 Å². The van der Waals surface area contributed by atoms with Crippen LogP contribution in [0.15, 0.2) is 47.4 Å². The maximum Gasteiger partial charge on any atom is 0.241 e. The summed E-state index contributed by atoms with van der Waals surface area (Å²) in [6.07, 6.45) is 4.64. The van der Waals surface area contributed by atoms with Crippen LogP contribution in [0.1, 0.15) is 32.1 Å². The summed E-state index contributed by atoms with van der Waals surface area (Å²) in [7, 11) is -3.51. The lowest BCUT2D eigenvalue weighted by Crippen LogP contribution is -2.31. The molecule has 4 nitrogen and oxygen atoms in total. The van der Waals surface area contributed by atoms with Crippen molar-refractivity contribution in [3.63, 3.8) is 0 Å². The molecule has 0 aliphatic heterocycles. The van der Waals surface area contributed by atoms with Gasteiger partial charge >= 0.3 is 0 Å². The molecule has 1 aliphatic carbocycles. The fourth-order valence-electron chi connectivity index (χ4n) is 3.50. The fraction of sp³-hybridized carbons (Fsp3) is 0.421. The van der Waals surface area contributed by atoms with E-state index in [9.17, 15) is 8.42 Å². The van der Waals surface area contributed by atoms with Gasteiger partial charge in [0, 0.05) is 18.4 Å². The van der Waals surface area contributed by atoms with Gasteiger partial charge in [0.2, 0.25) is 10.0 Å². The maximum absolute atomic E-state index is 12.7. The molecule has 24 heavy (non-hydrogen) atoms. The number of hydrogen-bond acceptors (Lipinski definition) is 3. The van der Waals surface area contributed by atoms with Gasteiger partial charge in [-0.05, 0) is 49.0 Å². The van der Waals surface area contributed by atoms with E-state index < -0.39 is 10.0 Å². The molecule has 0 saturated heterocycles. The second-order valence-electron chi connectivity index (χ2n) is 6.58. The minimum Gasteiger partial charge on any atom is -0.211 e. The van der Waals surface area contributed by atoms with E-state index in [1.807, 2.05) is 30.3 Å². The van der Waals surface area contributed by atoms with Crippen LogP contribution >= 0.6 is 0 Å². The highest BCUT2D eigenvalue weighted by Crippen LogP contribution is 2.30. The lowest BCUT2D eigenvalue weighted by molar-refractivity contribution is 0.278. The molecular formula is C19H22N2O2S. The Kier molecular flexibility index (Phi) is 5.17. The highest BCUT2D eigenvalue weighted by atomic mass is 32.2. The fourth-order valence-corrected chi connectivity index (χ4v) is 4.85. The molecule has 0 unspecified atom stereocenters. The van der Waals surface area contributed by atoms with Crippen molar-refractivity contribution in [2.45, 2.75) is 37.0 Å². The van der Waals surface area contributed by atoms with Crippen LogP contribution in [0.3, 0.4) is 0 Å². The zero-order valence-corrected chi connectivity index (χ0v) is 14.4. The van der Waals surface area contributed by atoms with Gasteiger partial charge < -0.3 is 0 Å². The number of rotatable bonds is 5. The van der Waals surface area contributed by atoms with E-state index in [1.54, 1.807) is 12.1 Å². The summed E-state index contributed by atoms with van der Waals surface area (Å²) in [5, 5.41) is 10.4. The van der Waals surface area contributed by atoms with Crippen molar-refractivity contribution in [1.29, 1.82) is 5.26 Å². The molecule has 3 rings (SSSR count). The summed E-state index contributed by atoms with van der Waals surface area (Å²) in [5.74, 6) is 0.852. The minimum absolute atomic E-state index is 0.346. The first-order valence-electron chi connectivity index (χ1n) is 8.44. The highest BCUT2D eigenvalue weighted by molar-refractivity contribution is 7.89. The third-order valence-electron chi connectivity index (χ3n) is 4.95. The van der Waals surface area contributed by atoms with Gasteiger partial charge in [0.1, 0.15) is 0 Å². The first kappa shape index (κ1) is 16.9. The predicted octanol–water partition coefficient (Wildman–Crippen LogP) is 3.84. The van der Waals surface area contributed by atoms with Gasteiger partial charge in [0.25, 0.3) is 0 Å². The zero-order chi connectivity index (χ0) is 17.0. The Morgan fingerprint density at radius 3 is 2.42 bits per heavy atom. The van der Waals surface area contributed by atoms with Gasteiger partial charge in [-0.2, -0.15) is 5.26 Å². The maximum atomic E-state index is 12.7. The lowest BCUT2D eigenvalue weighted by Gasteiger charge is -2.27. The SMILES string of the molecule is N#CCC1CCC(CNS(=O)(=O)c2cccc3ccccc23)CC1. The number of fused-ring (bicyclic) bond motifs is 1. The van der Waals surface area contributed by atoms with Crippen LogP contribution in [-0.2, 0) is 10.0 Å². The Bertz CT molecular complexity index is 842. The first-order valence-corrected chi connectivity index (χ1v) is 9.93. The molecule has 0 spiro atoms. The number of nitrogens with zero attached hydrogens (tertiary/aromatic N) is 1. The lowest BCUT2D eigenvalue weighted by atomic mass is 9.81. The number of nitriles is 1. The monoisotopic (exact) mass is 342 g/mol. The molecule has 0 amide bonds. The van der Waals surface area contributed by atoms with E-state index in [0.717, 1.165) is 36.5 Å². The first-order chi connectivity index (χ1) is 11.6. The van der Waals surface area contributed by atoms with Gasteiger partial charge in [0.15, 0.2) is 0 Å². The largest absolute Gasteiger partial charge is 0.241 e. The summed E-state index contributed by atoms with van der Waals surface area (Å²) < 4.78 is 28.2. The Hall–Kier alpha value is -1.90. The van der Waals surface area contributed by atoms with Crippen molar-refractivity contribution in [2.24, 2.45) is 11.8 Å². The standard InChI is InChI=1S/C19H22N2O2S/c20-13-12-15-8-10-16(11-9-15)14-21-24(22,23)19-7-3-5-17-4-1-2-6-18(17)19/h1-7,15-16,21H,8-12,14H2. The topological polar surface area (TPSA) is 70.0 Å². The summed E-state index contributed by atoms with van der Waals surface area (Å²) in [6, 6.07) is 15.1. The summed E-state index contributed by atoms with van der Waals surface area (Å²) in [4.78, 5) is 0.346. The molecule has 126 valence electrons. The van der Waals surface area contributed by atoms with Crippen molar-refractivity contribution in [2.75, 3.05) is 6.54 Å². The van der Waals surface area contributed by atoms with Crippen molar-refractivity contribution < 1.29 is 8.42 Å². The molecule has 0 aromatic heterocycles. The highest BCUT2D eigenvalue weighted by Gasteiger charge is 2.23. The molecule has 1 aliphatic rings. The Morgan fingerprint density at radius 2 is 1.67 bits per heavy atom. The van der Waals surface area contributed by atoms with Gasteiger partial charge in [-0.15, -0.1) is 0 Å². The van der Waals surface area contributed by atoms with E-state index in [1.165, 1.54) is 0 Å². The van der Waals surface area contributed by atoms with Gasteiger partial charge in [0.05, 0.1) is 11.0 Å². The van der Waals surface area contributed by atoms with Crippen LogP contribution in [0.5, 0.6) is 0 Å². The average Bonchev–Trinajstić information content (AvgIpc) is 2.61. The van der Waals surface area contributed by atoms with Crippen molar-refractivity contribution in [3.05, 3.63) is 42.5 Å². The molecule has 1 N–H and O–H groups in total. The predicted molar refractivity (Wildman–Crippen MR) is 94.8 cm³/mol. The molecule has 0 atom stereocenters. The van der Waals surface area contributed by atoms with E-state index in [2.05, 4.69) is 10.8 Å². The van der Waals surface area contributed by atoms with Crippen LogP contribution in [-0.4, -0.2) is 15.0 Å². The Balaban J connectivity index is 1.68. The van der Waals surface area contributed by atoms with Crippen LogP contribution in [0.25, 0.3) is 10.8 Å². The summed E-state index contributed by atoms with van der Waals surface area (Å²) >= 11 is 0. The summed E-state index contributed by atoms with van der Waals surface area (Å²) in [6.45, 7) is 0.477. The molecular weight excluding hydrogens is 320 g/mol. The molecule has 1 fully saturated rings. The van der Waals surface area contributed by atoms with Crippen molar-refractivity contribution in [1.82, 2.24) is 4.72 Å². The van der Waals surface area contributed by atoms with E-state index in [4.69, 9.17) is 5.26 Å². The van der Waals surface area contributed by atoms with E-state index in [0.29, 0.717) is 29.7 Å². The molecule has 2 aromatic rings. The van der Waals surface area contributed by atoms with Crippen LogP contribution in [0.2, 0.25) is 0 Å². The van der Waals surface area contributed by atoms with Crippen molar-refractivity contribution >= 4 is 20.8 Å². The van der Waals surface area contributed by atoms with E-state index in [-0.39, 0.29) is 0 Å². The number of nitrogens with one attached hydrogen (secondary N) is 1.